The van der Waals surface area contributed by atoms with Gasteiger partial charge in [-0.1, -0.05) is 0 Å². The van der Waals surface area contributed by atoms with E-state index in [-0.39, 0.29) is 9.92 Å². The number of aromatic nitrogens is 2. The Balaban J connectivity index is 1.64. The van der Waals surface area contributed by atoms with Gasteiger partial charge in [0.1, 0.15) is 5.82 Å². The summed E-state index contributed by atoms with van der Waals surface area (Å²) < 4.78 is 39.8. The lowest BCUT2D eigenvalue weighted by atomic mass is 9.97. The number of halogens is 1. The standard InChI is InChI=1S/C21H27FN4O2S/c1-26-12-10-15(11-13-26)14-23-21-24-19-5-3-2-4-18(19)20(25-21)29(27,28)17-8-6-16(22)7-9-17/h6-9,15H,2-5,10-14H2,1H3,(H,23,24,25). The number of hydrogen-bond acceptors (Lipinski definition) is 6. The highest BCUT2D eigenvalue weighted by Gasteiger charge is 2.28. The summed E-state index contributed by atoms with van der Waals surface area (Å²) >= 11 is 0. The maximum absolute atomic E-state index is 13.3. The maximum atomic E-state index is 13.3. The van der Waals surface area contributed by atoms with Gasteiger partial charge >= 0.3 is 0 Å². The number of nitrogens with one attached hydrogen (secondary N) is 1. The molecule has 0 radical (unpaired) electrons. The molecular weight excluding hydrogens is 391 g/mol. The molecule has 1 aliphatic carbocycles. The second-order valence-corrected chi connectivity index (χ2v) is 9.93. The molecule has 1 N–H and O–H groups in total. The quantitative estimate of drug-likeness (QED) is 0.594. The Bertz CT molecular complexity index is 971. The summed E-state index contributed by atoms with van der Waals surface area (Å²) in [6.07, 6.45) is 5.54. The van der Waals surface area contributed by atoms with Crippen molar-refractivity contribution in [3.8, 4) is 0 Å². The van der Waals surface area contributed by atoms with E-state index >= 15 is 0 Å². The van der Waals surface area contributed by atoms with Gasteiger partial charge in [0.2, 0.25) is 15.8 Å². The number of piperidine rings is 1. The zero-order chi connectivity index (χ0) is 20.4. The molecule has 1 aromatic heterocycles. The van der Waals surface area contributed by atoms with Crippen LogP contribution in [0.1, 0.15) is 36.9 Å². The van der Waals surface area contributed by atoms with E-state index in [1.54, 1.807) is 0 Å². The summed E-state index contributed by atoms with van der Waals surface area (Å²) in [5, 5.41) is 3.36. The Morgan fingerprint density at radius 2 is 1.79 bits per heavy atom. The van der Waals surface area contributed by atoms with Gasteiger partial charge in [-0.15, -0.1) is 0 Å². The Labute approximate surface area is 171 Å². The van der Waals surface area contributed by atoms with Gasteiger partial charge in [0.05, 0.1) is 10.6 Å². The van der Waals surface area contributed by atoms with Gasteiger partial charge in [-0.05, 0) is 88.8 Å². The maximum Gasteiger partial charge on any atom is 0.224 e. The van der Waals surface area contributed by atoms with E-state index in [9.17, 15) is 12.8 Å². The van der Waals surface area contributed by atoms with Gasteiger partial charge in [-0.25, -0.2) is 22.8 Å². The van der Waals surface area contributed by atoms with Crippen molar-refractivity contribution >= 4 is 15.8 Å². The Morgan fingerprint density at radius 3 is 2.52 bits per heavy atom. The Morgan fingerprint density at radius 1 is 1.10 bits per heavy atom. The van der Waals surface area contributed by atoms with E-state index in [0.717, 1.165) is 57.4 Å². The van der Waals surface area contributed by atoms with Crippen LogP contribution in [0.15, 0.2) is 34.2 Å². The smallest absolute Gasteiger partial charge is 0.224 e. The molecule has 2 aromatic rings. The molecule has 4 rings (SSSR count). The van der Waals surface area contributed by atoms with Gasteiger partial charge in [-0.3, -0.25) is 0 Å². The van der Waals surface area contributed by atoms with Crippen molar-refractivity contribution in [3.05, 3.63) is 41.3 Å². The van der Waals surface area contributed by atoms with E-state index < -0.39 is 15.7 Å². The molecule has 8 heteroatoms. The largest absolute Gasteiger partial charge is 0.354 e. The lowest BCUT2D eigenvalue weighted by molar-refractivity contribution is 0.226. The molecule has 0 spiro atoms. The lowest BCUT2D eigenvalue weighted by Gasteiger charge is -2.29. The van der Waals surface area contributed by atoms with Crippen molar-refractivity contribution < 1.29 is 12.8 Å². The topological polar surface area (TPSA) is 75.2 Å². The average molecular weight is 419 g/mol. The average Bonchev–Trinajstić information content (AvgIpc) is 2.73. The van der Waals surface area contributed by atoms with Crippen LogP contribution < -0.4 is 5.32 Å². The van der Waals surface area contributed by atoms with Gasteiger partial charge in [-0.2, -0.15) is 0 Å². The third-order valence-corrected chi connectivity index (χ3v) is 7.65. The van der Waals surface area contributed by atoms with E-state index in [0.29, 0.717) is 23.9 Å². The van der Waals surface area contributed by atoms with Crippen LogP contribution >= 0.6 is 0 Å². The molecule has 1 saturated heterocycles. The summed E-state index contributed by atoms with van der Waals surface area (Å²) in [6.45, 7) is 2.88. The molecule has 2 heterocycles. The Hall–Kier alpha value is -2.06. The predicted octanol–water partition coefficient (Wildman–Crippen LogP) is 3.08. The van der Waals surface area contributed by atoms with Crippen molar-refractivity contribution in [2.75, 3.05) is 32.0 Å². The van der Waals surface area contributed by atoms with Gasteiger partial charge in [0, 0.05) is 12.1 Å². The van der Waals surface area contributed by atoms with Crippen LogP contribution in [0.5, 0.6) is 0 Å². The first-order valence-electron chi connectivity index (χ1n) is 10.3. The molecule has 0 amide bonds. The van der Waals surface area contributed by atoms with E-state index in [4.69, 9.17) is 0 Å². The third-order valence-electron chi connectivity index (χ3n) is 5.91. The molecule has 0 bridgehead atoms. The number of aryl methyl sites for hydroxylation is 1. The van der Waals surface area contributed by atoms with Crippen LogP contribution in [-0.4, -0.2) is 50.0 Å². The van der Waals surface area contributed by atoms with E-state index in [1.807, 2.05) is 0 Å². The molecular formula is C21H27FN4O2S. The molecule has 6 nitrogen and oxygen atoms in total. The molecule has 0 unspecified atom stereocenters. The first-order valence-corrected chi connectivity index (χ1v) is 11.7. The fourth-order valence-electron chi connectivity index (χ4n) is 4.09. The predicted molar refractivity (Wildman–Crippen MR) is 109 cm³/mol. The summed E-state index contributed by atoms with van der Waals surface area (Å²) in [5.74, 6) is 0.447. The fraction of sp³-hybridized carbons (Fsp3) is 0.524. The summed E-state index contributed by atoms with van der Waals surface area (Å²) in [7, 11) is -1.71. The second-order valence-electron chi connectivity index (χ2n) is 8.07. The van der Waals surface area contributed by atoms with Gasteiger partial charge in [0.25, 0.3) is 0 Å². The monoisotopic (exact) mass is 418 g/mol. The van der Waals surface area contributed by atoms with Crippen molar-refractivity contribution in [2.24, 2.45) is 5.92 Å². The van der Waals surface area contributed by atoms with Crippen LogP contribution in [0.3, 0.4) is 0 Å². The zero-order valence-corrected chi connectivity index (χ0v) is 17.5. The van der Waals surface area contributed by atoms with Gasteiger partial charge < -0.3 is 10.2 Å². The molecule has 1 aliphatic heterocycles. The molecule has 1 fully saturated rings. The highest BCUT2D eigenvalue weighted by molar-refractivity contribution is 7.91. The second kappa shape index (κ2) is 8.36. The number of anilines is 1. The summed E-state index contributed by atoms with van der Waals surface area (Å²) in [4.78, 5) is 11.5. The van der Waals surface area contributed by atoms with Crippen LogP contribution in [0.25, 0.3) is 0 Å². The normalized spacial score (nSPS) is 18.4. The lowest BCUT2D eigenvalue weighted by Crippen LogP contribution is -2.33. The SMILES string of the molecule is CN1CCC(CNc2nc3c(c(S(=O)(=O)c4ccc(F)cc4)n2)CCCC3)CC1. The van der Waals surface area contributed by atoms with E-state index in [1.165, 1.54) is 24.3 Å². The number of likely N-dealkylation sites (tertiary alicyclic amines) is 1. The third kappa shape index (κ3) is 4.43. The molecule has 156 valence electrons. The van der Waals surface area contributed by atoms with Crippen LogP contribution in [0.2, 0.25) is 0 Å². The fourth-order valence-corrected chi connectivity index (χ4v) is 5.56. The number of nitrogens with zero attached hydrogens (tertiary/aromatic N) is 3. The molecule has 0 atom stereocenters. The van der Waals surface area contributed by atoms with Crippen LogP contribution in [0.4, 0.5) is 10.3 Å². The first kappa shape index (κ1) is 20.2. The molecule has 2 aliphatic rings. The van der Waals surface area contributed by atoms with Gasteiger partial charge in [0.15, 0.2) is 5.03 Å². The Kier molecular flexibility index (Phi) is 5.83. The number of hydrogen-bond donors (Lipinski definition) is 1. The molecule has 0 saturated carbocycles. The molecule has 1 aromatic carbocycles. The number of benzene rings is 1. The van der Waals surface area contributed by atoms with Crippen molar-refractivity contribution in [1.29, 1.82) is 0 Å². The highest BCUT2D eigenvalue weighted by atomic mass is 32.2. The molecule has 29 heavy (non-hydrogen) atoms. The van der Waals surface area contributed by atoms with E-state index in [2.05, 4.69) is 27.2 Å². The number of sulfone groups is 1. The summed E-state index contributed by atoms with van der Waals surface area (Å²) in [5.41, 5.74) is 1.53. The van der Waals surface area contributed by atoms with Crippen LogP contribution in [-0.2, 0) is 22.7 Å². The highest BCUT2D eigenvalue weighted by Crippen LogP contribution is 2.30. The first-order chi connectivity index (χ1) is 13.9. The zero-order valence-electron chi connectivity index (χ0n) is 16.7. The minimum atomic E-state index is -3.83. The number of fused-ring (bicyclic) bond motifs is 1. The van der Waals surface area contributed by atoms with Crippen molar-refractivity contribution in [2.45, 2.75) is 48.4 Å². The van der Waals surface area contributed by atoms with Crippen molar-refractivity contribution in [3.63, 3.8) is 0 Å². The minimum Gasteiger partial charge on any atom is -0.354 e. The number of rotatable bonds is 5. The minimum absolute atomic E-state index is 0.0617. The summed E-state index contributed by atoms with van der Waals surface area (Å²) in [6, 6.07) is 4.93. The van der Waals surface area contributed by atoms with Crippen molar-refractivity contribution in [1.82, 2.24) is 14.9 Å². The van der Waals surface area contributed by atoms with Crippen LogP contribution in [0, 0.1) is 11.7 Å².